The molecule has 2 heterocycles. The lowest BCUT2D eigenvalue weighted by Crippen LogP contribution is -2.26. The predicted molar refractivity (Wildman–Crippen MR) is 98.3 cm³/mol. The molecule has 7 heteroatoms. The van der Waals surface area contributed by atoms with E-state index >= 15 is 0 Å². The Bertz CT molecular complexity index is 793. The Labute approximate surface area is 148 Å². The second-order valence-electron chi connectivity index (χ2n) is 5.00. The van der Waals surface area contributed by atoms with Gasteiger partial charge in [-0.15, -0.1) is 22.0 Å². The number of hydrogen-bond acceptors (Lipinski definition) is 6. The fraction of sp³-hybridized carbons (Fsp3) is 0.176. The summed E-state index contributed by atoms with van der Waals surface area (Å²) in [6.45, 7) is 0. The van der Waals surface area contributed by atoms with Crippen LogP contribution in [0.15, 0.2) is 59.8 Å². The first-order valence-corrected chi connectivity index (χ1v) is 9.22. The molecule has 0 aliphatic heterocycles. The zero-order chi connectivity index (χ0) is 16.8. The van der Waals surface area contributed by atoms with Crippen LogP contribution in [0.25, 0.3) is 10.6 Å². The highest BCUT2D eigenvalue weighted by atomic mass is 32.2. The molecule has 0 bridgehead atoms. The summed E-state index contributed by atoms with van der Waals surface area (Å²) in [5, 5.41) is 9.63. The van der Waals surface area contributed by atoms with E-state index in [0.29, 0.717) is 11.6 Å². The minimum atomic E-state index is 0.0346. The SMILES string of the molecule is CN(C(=O)CCSc1ccccc1)c1nnc(-c2cccnc2)s1. The molecule has 0 N–H and O–H groups in total. The van der Waals surface area contributed by atoms with Gasteiger partial charge in [-0.1, -0.05) is 29.5 Å². The highest BCUT2D eigenvalue weighted by Crippen LogP contribution is 2.28. The van der Waals surface area contributed by atoms with Crippen LogP contribution < -0.4 is 4.90 Å². The van der Waals surface area contributed by atoms with Crippen molar-refractivity contribution >= 4 is 34.1 Å². The first kappa shape index (κ1) is 16.6. The summed E-state index contributed by atoms with van der Waals surface area (Å²) < 4.78 is 0. The van der Waals surface area contributed by atoms with Crippen molar-refractivity contribution in [2.45, 2.75) is 11.3 Å². The summed E-state index contributed by atoms with van der Waals surface area (Å²) in [5.74, 6) is 0.772. The van der Waals surface area contributed by atoms with Gasteiger partial charge in [0.15, 0.2) is 5.01 Å². The molecule has 1 amide bonds. The van der Waals surface area contributed by atoms with Gasteiger partial charge >= 0.3 is 0 Å². The van der Waals surface area contributed by atoms with Crippen molar-refractivity contribution in [1.82, 2.24) is 15.2 Å². The lowest BCUT2D eigenvalue weighted by Gasteiger charge is -2.12. The number of nitrogens with zero attached hydrogens (tertiary/aromatic N) is 4. The molecule has 5 nitrogen and oxygen atoms in total. The van der Waals surface area contributed by atoms with Gasteiger partial charge in [-0.2, -0.15) is 0 Å². The van der Waals surface area contributed by atoms with Gasteiger partial charge in [0.2, 0.25) is 11.0 Å². The Morgan fingerprint density at radius 1 is 1.17 bits per heavy atom. The fourth-order valence-corrected chi connectivity index (χ4v) is 3.68. The Morgan fingerprint density at radius 3 is 2.75 bits per heavy atom. The maximum absolute atomic E-state index is 12.3. The Morgan fingerprint density at radius 2 is 2.00 bits per heavy atom. The van der Waals surface area contributed by atoms with Gasteiger partial charge in [-0.25, -0.2) is 0 Å². The molecular weight excluding hydrogens is 340 g/mol. The highest BCUT2D eigenvalue weighted by molar-refractivity contribution is 7.99. The van der Waals surface area contributed by atoms with E-state index in [1.165, 1.54) is 16.2 Å². The van der Waals surface area contributed by atoms with Crippen LogP contribution in [0.2, 0.25) is 0 Å². The van der Waals surface area contributed by atoms with Gasteiger partial charge in [0.25, 0.3) is 0 Å². The third kappa shape index (κ3) is 4.18. The Kier molecular flexibility index (Phi) is 5.55. The molecule has 0 radical (unpaired) electrons. The fourth-order valence-electron chi connectivity index (χ4n) is 2.00. The van der Waals surface area contributed by atoms with Crippen molar-refractivity contribution in [2.24, 2.45) is 0 Å². The quantitative estimate of drug-likeness (QED) is 0.630. The zero-order valence-electron chi connectivity index (χ0n) is 13.1. The van der Waals surface area contributed by atoms with Crippen molar-refractivity contribution in [3.05, 3.63) is 54.9 Å². The standard InChI is InChI=1S/C17H16N4OS2/c1-21(15(22)9-11-23-14-7-3-2-4-8-14)17-20-19-16(24-17)13-6-5-10-18-12-13/h2-8,10,12H,9,11H2,1H3. The van der Waals surface area contributed by atoms with E-state index in [4.69, 9.17) is 0 Å². The number of hydrogen-bond donors (Lipinski definition) is 0. The summed E-state index contributed by atoms with van der Waals surface area (Å²) in [5.41, 5.74) is 0.904. The topological polar surface area (TPSA) is 59.0 Å². The van der Waals surface area contributed by atoms with Crippen molar-refractivity contribution in [1.29, 1.82) is 0 Å². The van der Waals surface area contributed by atoms with Gasteiger partial charge < -0.3 is 0 Å². The molecule has 24 heavy (non-hydrogen) atoms. The number of amides is 1. The number of thioether (sulfide) groups is 1. The number of anilines is 1. The van der Waals surface area contributed by atoms with Crippen molar-refractivity contribution in [2.75, 3.05) is 17.7 Å². The molecule has 0 saturated heterocycles. The van der Waals surface area contributed by atoms with Gasteiger partial charge in [-0.05, 0) is 24.3 Å². The second kappa shape index (κ2) is 8.03. The van der Waals surface area contributed by atoms with Crippen LogP contribution in [-0.4, -0.2) is 33.9 Å². The molecule has 0 aliphatic carbocycles. The van der Waals surface area contributed by atoms with Gasteiger partial charge in [-0.3, -0.25) is 14.7 Å². The minimum Gasteiger partial charge on any atom is -0.290 e. The largest absolute Gasteiger partial charge is 0.290 e. The zero-order valence-corrected chi connectivity index (χ0v) is 14.8. The van der Waals surface area contributed by atoms with Crippen molar-refractivity contribution in [3.8, 4) is 10.6 Å². The molecule has 0 atom stereocenters. The van der Waals surface area contributed by atoms with Crippen molar-refractivity contribution in [3.63, 3.8) is 0 Å². The van der Waals surface area contributed by atoms with Crippen LogP contribution >= 0.6 is 23.1 Å². The molecule has 1 aromatic carbocycles. The van der Waals surface area contributed by atoms with Gasteiger partial charge in [0, 0.05) is 42.1 Å². The summed E-state index contributed by atoms with van der Waals surface area (Å²) in [4.78, 5) is 19.1. The van der Waals surface area contributed by atoms with Crippen LogP contribution in [0.4, 0.5) is 5.13 Å². The van der Waals surface area contributed by atoms with E-state index in [1.807, 2.05) is 42.5 Å². The summed E-state index contributed by atoms with van der Waals surface area (Å²) >= 11 is 3.06. The molecule has 3 rings (SSSR count). The number of benzene rings is 1. The molecule has 0 fully saturated rings. The molecule has 0 saturated carbocycles. The van der Waals surface area contributed by atoms with E-state index in [9.17, 15) is 4.79 Å². The second-order valence-corrected chi connectivity index (χ2v) is 7.12. The molecule has 0 unspecified atom stereocenters. The normalized spacial score (nSPS) is 10.5. The maximum atomic E-state index is 12.3. The number of rotatable bonds is 6. The number of aromatic nitrogens is 3. The number of carbonyl (C=O) groups is 1. The van der Waals surface area contributed by atoms with E-state index in [1.54, 1.807) is 36.1 Å². The Hall–Kier alpha value is -2.25. The molecule has 3 aromatic rings. The van der Waals surface area contributed by atoms with E-state index in [0.717, 1.165) is 16.3 Å². The first-order chi connectivity index (χ1) is 11.7. The van der Waals surface area contributed by atoms with Gasteiger partial charge in [0.1, 0.15) is 0 Å². The number of pyridine rings is 1. The smallest absolute Gasteiger partial charge is 0.229 e. The lowest BCUT2D eigenvalue weighted by atomic mass is 10.3. The van der Waals surface area contributed by atoms with Crippen molar-refractivity contribution < 1.29 is 4.79 Å². The predicted octanol–water partition coefficient (Wildman–Crippen LogP) is 3.75. The van der Waals surface area contributed by atoms with E-state index in [-0.39, 0.29) is 5.91 Å². The third-order valence-electron chi connectivity index (χ3n) is 3.31. The molecule has 0 spiro atoms. The van der Waals surface area contributed by atoms with Crippen LogP contribution in [0.3, 0.4) is 0 Å². The maximum Gasteiger partial charge on any atom is 0.229 e. The van der Waals surface area contributed by atoms with Crippen LogP contribution in [0, 0.1) is 0 Å². The minimum absolute atomic E-state index is 0.0346. The average Bonchev–Trinajstić information content (AvgIpc) is 3.13. The molecular formula is C17H16N4OS2. The van der Waals surface area contributed by atoms with E-state index < -0.39 is 0 Å². The summed E-state index contributed by atoms with van der Waals surface area (Å²) in [6, 6.07) is 13.8. The monoisotopic (exact) mass is 356 g/mol. The van der Waals surface area contributed by atoms with Crippen LogP contribution in [0.1, 0.15) is 6.42 Å². The summed E-state index contributed by atoms with van der Waals surface area (Å²) in [6.07, 6.45) is 3.91. The van der Waals surface area contributed by atoms with Gasteiger partial charge in [0.05, 0.1) is 0 Å². The number of carbonyl (C=O) groups excluding carboxylic acids is 1. The highest BCUT2D eigenvalue weighted by Gasteiger charge is 2.16. The molecule has 2 aromatic heterocycles. The molecule has 122 valence electrons. The molecule has 0 aliphatic rings. The first-order valence-electron chi connectivity index (χ1n) is 7.42. The van der Waals surface area contributed by atoms with Crippen LogP contribution in [0.5, 0.6) is 0 Å². The van der Waals surface area contributed by atoms with Crippen LogP contribution in [-0.2, 0) is 4.79 Å². The Balaban J connectivity index is 1.57. The van der Waals surface area contributed by atoms with E-state index in [2.05, 4.69) is 15.2 Å². The average molecular weight is 356 g/mol. The third-order valence-corrected chi connectivity index (χ3v) is 5.37. The lowest BCUT2D eigenvalue weighted by molar-refractivity contribution is -0.117. The summed E-state index contributed by atoms with van der Waals surface area (Å²) in [7, 11) is 1.74.